The first kappa shape index (κ1) is 14.3. The Morgan fingerprint density at radius 2 is 2.09 bits per heavy atom. The summed E-state index contributed by atoms with van der Waals surface area (Å²) in [6.07, 6.45) is 10.9. The largest absolute Gasteiger partial charge is 0.310 e. The SMILES string of the molecule is O=CN1CCCc2cc(-c3cncc(C4CCCN4)c3)cnc21. The monoisotopic (exact) mass is 308 g/mol. The highest BCUT2D eigenvalue weighted by Gasteiger charge is 2.20. The Kier molecular flexibility index (Phi) is 3.79. The molecule has 2 aromatic heterocycles. The molecule has 4 heterocycles. The van der Waals surface area contributed by atoms with E-state index in [0.29, 0.717) is 6.04 Å². The Labute approximate surface area is 135 Å². The van der Waals surface area contributed by atoms with Crippen molar-refractivity contribution < 1.29 is 4.79 Å². The summed E-state index contributed by atoms with van der Waals surface area (Å²) in [4.78, 5) is 21.8. The molecule has 5 nitrogen and oxygen atoms in total. The van der Waals surface area contributed by atoms with Crippen LogP contribution < -0.4 is 10.2 Å². The van der Waals surface area contributed by atoms with Crippen molar-refractivity contribution in [2.24, 2.45) is 0 Å². The zero-order valence-electron chi connectivity index (χ0n) is 13.0. The van der Waals surface area contributed by atoms with Crippen molar-refractivity contribution in [1.29, 1.82) is 0 Å². The first-order valence-corrected chi connectivity index (χ1v) is 8.25. The quantitative estimate of drug-likeness (QED) is 0.885. The molecule has 1 unspecified atom stereocenters. The minimum absolute atomic E-state index is 0.415. The predicted octanol–water partition coefficient (Wildman–Crippen LogP) is 2.48. The van der Waals surface area contributed by atoms with Crippen LogP contribution in [0.15, 0.2) is 30.7 Å². The van der Waals surface area contributed by atoms with E-state index < -0.39 is 0 Å². The average Bonchev–Trinajstić information content (AvgIpc) is 3.15. The third-order valence-corrected chi connectivity index (χ3v) is 4.74. The Bertz CT molecular complexity index is 725. The zero-order valence-corrected chi connectivity index (χ0v) is 13.0. The van der Waals surface area contributed by atoms with Gasteiger partial charge in [0.2, 0.25) is 6.41 Å². The lowest BCUT2D eigenvalue weighted by Gasteiger charge is -2.25. The number of carbonyl (C=O) groups is 1. The van der Waals surface area contributed by atoms with Crippen LogP contribution in [0.2, 0.25) is 0 Å². The van der Waals surface area contributed by atoms with Gasteiger partial charge >= 0.3 is 0 Å². The van der Waals surface area contributed by atoms with Crippen LogP contribution in [0.4, 0.5) is 5.82 Å². The molecular weight excluding hydrogens is 288 g/mol. The van der Waals surface area contributed by atoms with Crippen LogP contribution in [0.3, 0.4) is 0 Å². The van der Waals surface area contributed by atoms with Crippen LogP contribution in [0.5, 0.6) is 0 Å². The maximum atomic E-state index is 11.1. The molecule has 1 atom stereocenters. The first-order valence-electron chi connectivity index (χ1n) is 8.25. The van der Waals surface area contributed by atoms with E-state index in [4.69, 9.17) is 0 Å². The van der Waals surface area contributed by atoms with Gasteiger partial charge in [-0.2, -0.15) is 0 Å². The number of aryl methyl sites for hydroxylation is 1. The molecule has 1 amide bonds. The predicted molar refractivity (Wildman–Crippen MR) is 89.2 cm³/mol. The molecule has 1 saturated heterocycles. The summed E-state index contributed by atoms with van der Waals surface area (Å²) in [6.45, 7) is 1.84. The van der Waals surface area contributed by atoms with E-state index in [1.54, 1.807) is 4.90 Å². The van der Waals surface area contributed by atoms with Crippen molar-refractivity contribution in [2.75, 3.05) is 18.0 Å². The van der Waals surface area contributed by atoms with Gasteiger partial charge in [0, 0.05) is 42.3 Å². The maximum absolute atomic E-state index is 11.1. The summed E-state index contributed by atoms with van der Waals surface area (Å²) in [5.74, 6) is 0.802. The highest BCUT2D eigenvalue weighted by molar-refractivity contribution is 5.77. The number of hydrogen-bond acceptors (Lipinski definition) is 4. The summed E-state index contributed by atoms with van der Waals surface area (Å²) < 4.78 is 0. The summed E-state index contributed by atoms with van der Waals surface area (Å²) in [5.41, 5.74) is 4.55. The van der Waals surface area contributed by atoms with Gasteiger partial charge in [0.15, 0.2) is 0 Å². The molecule has 2 aromatic rings. The first-order chi connectivity index (χ1) is 11.3. The molecule has 5 heteroatoms. The molecule has 0 aliphatic carbocycles. The van der Waals surface area contributed by atoms with Crippen molar-refractivity contribution in [2.45, 2.75) is 31.7 Å². The summed E-state index contributed by atoms with van der Waals surface area (Å²) >= 11 is 0. The molecule has 2 aliphatic heterocycles. The van der Waals surface area contributed by atoms with E-state index >= 15 is 0 Å². The second-order valence-corrected chi connectivity index (χ2v) is 6.26. The van der Waals surface area contributed by atoms with Crippen LogP contribution in [-0.2, 0) is 11.2 Å². The molecule has 0 saturated carbocycles. The molecule has 1 fully saturated rings. The lowest BCUT2D eigenvalue weighted by molar-refractivity contribution is -0.107. The van der Waals surface area contributed by atoms with E-state index in [9.17, 15) is 4.79 Å². The van der Waals surface area contributed by atoms with Crippen molar-refractivity contribution in [1.82, 2.24) is 15.3 Å². The van der Waals surface area contributed by atoms with Crippen molar-refractivity contribution >= 4 is 12.2 Å². The number of carbonyl (C=O) groups excluding carboxylic acids is 1. The fourth-order valence-electron chi connectivity index (χ4n) is 3.53. The second kappa shape index (κ2) is 6.08. The Hall–Kier alpha value is -2.27. The third-order valence-electron chi connectivity index (χ3n) is 4.74. The van der Waals surface area contributed by atoms with Gasteiger partial charge in [-0.3, -0.25) is 14.7 Å². The fraction of sp³-hybridized carbons (Fsp3) is 0.389. The summed E-state index contributed by atoms with van der Waals surface area (Å²) in [6, 6.07) is 4.78. The maximum Gasteiger partial charge on any atom is 0.215 e. The average molecular weight is 308 g/mol. The number of amides is 1. The molecule has 23 heavy (non-hydrogen) atoms. The van der Waals surface area contributed by atoms with Crippen molar-refractivity contribution in [3.05, 3.63) is 41.9 Å². The van der Waals surface area contributed by atoms with Gasteiger partial charge in [-0.1, -0.05) is 0 Å². The van der Waals surface area contributed by atoms with E-state index in [-0.39, 0.29) is 0 Å². The molecule has 2 aliphatic rings. The molecule has 0 bridgehead atoms. The Morgan fingerprint density at radius 3 is 2.91 bits per heavy atom. The van der Waals surface area contributed by atoms with E-state index in [1.807, 2.05) is 18.6 Å². The number of nitrogens with zero attached hydrogens (tertiary/aromatic N) is 3. The molecule has 0 spiro atoms. The molecule has 0 radical (unpaired) electrons. The van der Waals surface area contributed by atoms with Crippen molar-refractivity contribution in [3.8, 4) is 11.1 Å². The number of aromatic nitrogens is 2. The molecule has 4 rings (SSSR count). The standard InChI is InChI=1S/C18H20N4O/c23-12-22-6-2-3-13-7-15(11-21-18(13)22)14-8-16(10-19-9-14)17-4-1-5-20-17/h7-12,17,20H,1-6H2. The fourth-order valence-corrected chi connectivity index (χ4v) is 3.53. The van der Waals surface area contributed by atoms with Gasteiger partial charge in [-0.05, 0) is 55.5 Å². The van der Waals surface area contributed by atoms with Crippen LogP contribution in [0, 0.1) is 0 Å². The van der Waals surface area contributed by atoms with Crippen LogP contribution in [0.25, 0.3) is 11.1 Å². The summed E-state index contributed by atoms with van der Waals surface area (Å²) in [7, 11) is 0. The number of hydrogen-bond donors (Lipinski definition) is 1. The number of pyridine rings is 2. The van der Waals surface area contributed by atoms with Crippen LogP contribution >= 0.6 is 0 Å². The molecule has 0 aromatic carbocycles. The minimum Gasteiger partial charge on any atom is -0.310 e. The van der Waals surface area contributed by atoms with Crippen molar-refractivity contribution in [3.63, 3.8) is 0 Å². The van der Waals surface area contributed by atoms with Crippen LogP contribution in [0.1, 0.15) is 36.4 Å². The van der Waals surface area contributed by atoms with E-state index in [1.165, 1.54) is 18.4 Å². The molecular formula is C18H20N4O. The van der Waals surface area contributed by atoms with Gasteiger partial charge in [-0.15, -0.1) is 0 Å². The third kappa shape index (κ3) is 2.72. The highest BCUT2D eigenvalue weighted by atomic mass is 16.1. The number of nitrogens with one attached hydrogen (secondary N) is 1. The van der Waals surface area contributed by atoms with Gasteiger partial charge in [0.05, 0.1) is 0 Å². The number of anilines is 1. The zero-order chi connectivity index (χ0) is 15.6. The Balaban J connectivity index is 1.68. The van der Waals surface area contributed by atoms with Gasteiger partial charge < -0.3 is 5.32 Å². The molecule has 118 valence electrons. The van der Waals surface area contributed by atoms with Gasteiger partial charge in [0.25, 0.3) is 0 Å². The Morgan fingerprint density at radius 1 is 1.17 bits per heavy atom. The van der Waals surface area contributed by atoms with Gasteiger partial charge in [-0.25, -0.2) is 4.98 Å². The van der Waals surface area contributed by atoms with E-state index in [2.05, 4.69) is 27.4 Å². The topological polar surface area (TPSA) is 58.1 Å². The highest BCUT2D eigenvalue weighted by Crippen LogP contribution is 2.30. The molecule has 1 N–H and O–H groups in total. The summed E-state index contributed by atoms with van der Waals surface area (Å²) in [5, 5.41) is 3.51. The lowest BCUT2D eigenvalue weighted by atomic mass is 9.99. The lowest BCUT2D eigenvalue weighted by Crippen LogP contribution is -2.28. The van der Waals surface area contributed by atoms with E-state index in [0.717, 1.165) is 54.8 Å². The minimum atomic E-state index is 0.415. The van der Waals surface area contributed by atoms with Gasteiger partial charge in [0.1, 0.15) is 5.82 Å². The van der Waals surface area contributed by atoms with Crippen LogP contribution in [-0.4, -0.2) is 29.5 Å². The smallest absolute Gasteiger partial charge is 0.215 e. The number of rotatable bonds is 3. The normalized spacial score (nSPS) is 20.3. The number of fused-ring (bicyclic) bond motifs is 1. The second-order valence-electron chi connectivity index (χ2n) is 6.26.